The highest BCUT2D eigenvalue weighted by atomic mass is 16.5. The van der Waals surface area contributed by atoms with E-state index in [4.69, 9.17) is 18.9 Å². The minimum absolute atomic E-state index is 0.0755. The van der Waals surface area contributed by atoms with E-state index in [2.05, 4.69) is 21.3 Å². The molecule has 0 aromatic heterocycles. The fourth-order valence-corrected chi connectivity index (χ4v) is 6.48. The lowest BCUT2D eigenvalue weighted by molar-refractivity contribution is -0.140. The minimum Gasteiger partial charge on any atom is -0.490 e. The summed E-state index contributed by atoms with van der Waals surface area (Å²) >= 11 is 0. The number of esters is 2. The van der Waals surface area contributed by atoms with Crippen molar-refractivity contribution in [1.29, 1.82) is 0 Å². The second-order valence-electron chi connectivity index (χ2n) is 11.7. The Hall–Kier alpha value is -6.04. The van der Waals surface area contributed by atoms with Crippen molar-refractivity contribution in [3.8, 4) is 11.5 Å². The average Bonchev–Trinajstić information content (AvgIpc) is 3.09. The fraction of sp³-hybridized carbons (Fsp3) is 0.263. The smallest absolute Gasteiger partial charge is 0.338 e. The number of hydrogen-bond donors (Lipinski definition) is 4. The van der Waals surface area contributed by atoms with Crippen molar-refractivity contribution in [2.45, 2.75) is 39.8 Å². The van der Waals surface area contributed by atoms with Crippen LogP contribution in [0.4, 0.5) is 9.59 Å². The second-order valence-corrected chi connectivity index (χ2v) is 11.7. The van der Waals surface area contributed by atoms with Gasteiger partial charge in [-0.15, -0.1) is 0 Å². The molecule has 6 rings (SSSR count). The number of urea groups is 2. The molecule has 2 aliphatic rings. The van der Waals surface area contributed by atoms with Gasteiger partial charge < -0.3 is 40.2 Å². The molecule has 0 spiro atoms. The molecule has 4 amide bonds. The summed E-state index contributed by atoms with van der Waals surface area (Å²) in [5.41, 5.74) is 2.52. The maximum atomic E-state index is 13.2. The molecule has 2 heterocycles. The molecule has 2 aliphatic heterocycles. The molecule has 0 aliphatic carbocycles. The Kier molecular flexibility index (Phi) is 9.89. The van der Waals surface area contributed by atoms with Gasteiger partial charge in [0.25, 0.3) is 0 Å². The topological polar surface area (TPSA) is 153 Å². The molecule has 12 nitrogen and oxygen atoms in total. The highest BCUT2D eigenvalue weighted by Gasteiger charge is 2.36. The summed E-state index contributed by atoms with van der Waals surface area (Å²) in [5.74, 6) is -0.210. The molecule has 0 fully saturated rings. The van der Waals surface area contributed by atoms with Crippen LogP contribution in [0.15, 0.2) is 95.3 Å². The number of benzene rings is 4. The monoisotopic (exact) mass is 678 g/mol. The Labute approximate surface area is 288 Å². The molecule has 0 saturated heterocycles. The lowest BCUT2D eigenvalue weighted by Crippen LogP contribution is -2.45. The molecule has 2 atom stereocenters. The van der Waals surface area contributed by atoms with E-state index in [0.717, 1.165) is 21.5 Å². The van der Waals surface area contributed by atoms with E-state index in [1.807, 2.05) is 60.7 Å². The van der Waals surface area contributed by atoms with Crippen molar-refractivity contribution in [2.75, 3.05) is 26.4 Å². The lowest BCUT2D eigenvalue weighted by Gasteiger charge is -2.30. The Morgan fingerprint density at radius 1 is 0.600 bits per heavy atom. The van der Waals surface area contributed by atoms with Crippen molar-refractivity contribution in [3.63, 3.8) is 0 Å². The maximum absolute atomic E-state index is 13.2. The van der Waals surface area contributed by atoms with Crippen LogP contribution in [0, 0.1) is 0 Å². The second kappa shape index (κ2) is 14.6. The van der Waals surface area contributed by atoms with E-state index in [0.29, 0.717) is 34.0 Å². The van der Waals surface area contributed by atoms with Gasteiger partial charge in [0.05, 0.1) is 36.4 Å². The van der Waals surface area contributed by atoms with Gasteiger partial charge in [-0.3, -0.25) is 0 Å². The normalized spacial score (nSPS) is 17.4. The number of amides is 4. The number of hydrogen-bond acceptors (Lipinski definition) is 8. The molecule has 12 heteroatoms. The predicted octanol–water partition coefficient (Wildman–Crippen LogP) is 5.83. The third-order valence-corrected chi connectivity index (χ3v) is 8.57. The highest BCUT2D eigenvalue weighted by Crippen LogP contribution is 2.40. The zero-order valence-electron chi connectivity index (χ0n) is 28.2. The Morgan fingerprint density at radius 3 is 1.40 bits per heavy atom. The van der Waals surface area contributed by atoms with Crippen LogP contribution >= 0.6 is 0 Å². The minimum atomic E-state index is -0.850. The van der Waals surface area contributed by atoms with Crippen molar-refractivity contribution >= 4 is 45.5 Å². The number of allylic oxidation sites excluding steroid dienone is 2. The van der Waals surface area contributed by atoms with Gasteiger partial charge >= 0.3 is 24.0 Å². The zero-order chi connectivity index (χ0) is 35.4. The third-order valence-electron chi connectivity index (χ3n) is 8.57. The molecular weight excluding hydrogens is 640 g/mol. The molecule has 0 radical (unpaired) electrons. The van der Waals surface area contributed by atoms with Crippen molar-refractivity contribution in [2.24, 2.45) is 0 Å². The summed E-state index contributed by atoms with van der Waals surface area (Å²) in [7, 11) is 0. The van der Waals surface area contributed by atoms with Gasteiger partial charge in [-0.05, 0) is 61.4 Å². The first-order valence-corrected chi connectivity index (χ1v) is 16.4. The Morgan fingerprint density at radius 2 is 1.00 bits per heavy atom. The summed E-state index contributed by atoms with van der Waals surface area (Å²) in [6.45, 7) is 7.25. The molecule has 258 valence electrons. The summed E-state index contributed by atoms with van der Waals surface area (Å²) in [5, 5.41) is 14.5. The first-order chi connectivity index (χ1) is 24.2. The third kappa shape index (κ3) is 6.64. The van der Waals surface area contributed by atoms with Gasteiger partial charge in [-0.2, -0.15) is 0 Å². The molecular formula is C38H38N4O8. The molecule has 2 unspecified atom stereocenters. The zero-order valence-corrected chi connectivity index (χ0v) is 28.2. The molecule has 50 heavy (non-hydrogen) atoms. The average molecular weight is 679 g/mol. The molecule has 0 saturated carbocycles. The van der Waals surface area contributed by atoms with Crippen LogP contribution in [0.3, 0.4) is 0 Å². The van der Waals surface area contributed by atoms with Gasteiger partial charge in [0.2, 0.25) is 0 Å². The van der Waals surface area contributed by atoms with E-state index >= 15 is 0 Å². The summed E-state index contributed by atoms with van der Waals surface area (Å²) in [6, 6.07) is 20.1. The number of carbonyl (C=O) groups excluding carboxylic acids is 4. The van der Waals surface area contributed by atoms with Crippen LogP contribution in [0.25, 0.3) is 21.5 Å². The van der Waals surface area contributed by atoms with E-state index in [1.54, 1.807) is 39.8 Å². The lowest BCUT2D eigenvalue weighted by atomic mass is 9.90. The van der Waals surface area contributed by atoms with Crippen LogP contribution in [-0.2, 0) is 19.1 Å². The molecule has 4 N–H and O–H groups in total. The number of rotatable bonds is 11. The van der Waals surface area contributed by atoms with E-state index in [9.17, 15) is 19.2 Å². The Bertz CT molecular complexity index is 1920. The van der Waals surface area contributed by atoms with Crippen LogP contribution in [0.1, 0.15) is 50.9 Å². The van der Waals surface area contributed by atoms with Gasteiger partial charge in [0.15, 0.2) is 0 Å². The molecule has 4 aromatic rings. The van der Waals surface area contributed by atoms with Gasteiger partial charge in [0, 0.05) is 22.5 Å². The van der Waals surface area contributed by atoms with Crippen LogP contribution in [0.5, 0.6) is 11.5 Å². The fourth-order valence-electron chi connectivity index (χ4n) is 6.48. The van der Waals surface area contributed by atoms with E-state index < -0.39 is 36.1 Å². The first-order valence-electron chi connectivity index (χ1n) is 16.4. The number of nitrogens with one attached hydrogen (secondary N) is 4. The number of fused-ring (bicyclic) bond motifs is 2. The Balaban J connectivity index is 1.33. The summed E-state index contributed by atoms with van der Waals surface area (Å²) in [6.07, 6.45) is 0. The number of carbonyl (C=O) groups is 4. The van der Waals surface area contributed by atoms with E-state index in [1.165, 1.54) is 0 Å². The first kappa shape index (κ1) is 33.8. The summed E-state index contributed by atoms with van der Waals surface area (Å²) in [4.78, 5) is 51.8. The molecule has 0 bridgehead atoms. The van der Waals surface area contributed by atoms with Gasteiger partial charge in [-0.1, -0.05) is 60.7 Å². The number of ether oxygens (including phenoxy) is 4. The van der Waals surface area contributed by atoms with Crippen molar-refractivity contribution < 1.29 is 38.1 Å². The predicted molar refractivity (Wildman–Crippen MR) is 186 cm³/mol. The van der Waals surface area contributed by atoms with Gasteiger partial charge in [0.1, 0.15) is 24.7 Å². The quantitative estimate of drug-likeness (QED) is 0.114. The molecule has 4 aromatic carbocycles. The van der Waals surface area contributed by atoms with Crippen LogP contribution in [-0.4, -0.2) is 50.4 Å². The van der Waals surface area contributed by atoms with E-state index in [-0.39, 0.29) is 37.6 Å². The SMILES string of the molecule is CCOC(=O)C1=C(C)NC(=O)NC1c1c(OCCOc2ccc3ccccc3c2C2NC(=O)NC(C)=C2C(=O)OCC)ccc2ccccc12. The van der Waals surface area contributed by atoms with Crippen molar-refractivity contribution in [3.05, 3.63) is 106 Å². The maximum Gasteiger partial charge on any atom is 0.338 e. The van der Waals surface area contributed by atoms with Crippen molar-refractivity contribution in [1.82, 2.24) is 21.3 Å². The standard InChI is InChI=1S/C38H38N4O8/c1-5-47-35(43)29-21(3)39-37(45)41-33(29)31-25-13-9-7-11-23(25)15-17-27(31)49-19-20-50-28-18-16-24-12-8-10-14-26(24)32(28)34-30(36(44)48-6-2)22(4)40-38(46)42-34/h7-18,33-34H,5-6,19-20H2,1-4H3,(H2,39,41,45)(H2,40,42,46). The van der Waals surface area contributed by atoms with Crippen LogP contribution < -0.4 is 30.7 Å². The summed E-state index contributed by atoms with van der Waals surface area (Å²) < 4.78 is 23.4. The highest BCUT2D eigenvalue weighted by molar-refractivity contribution is 5.99. The van der Waals surface area contributed by atoms with Crippen LogP contribution in [0.2, 0.25) is 0 Å². The largest absolute Gasteiger partial charge is 0.490 e. The van der Waals surface area contributed by atoms with Gasteiger partial charge in [-0.25, -0.2) is 19.2 Å².